The molecule has 1 aliphatic carbocycles. The van der Waals surface area contributed by atoms with Crippen LogP contribution < -0.4 is 14.8 Å². The number of carbonyl (C=O) groups excluding carboxylic acids is 1. The smallest absolute Gasteiger partial charge is 0.247 e. The van der Waals surface area contributed by atoms with Gasteiger partial charge in [-0.05, 0) is 49.3 Å². The minimum Gasteiger partial charge on any atom is -0.504 e. The van der Waals surface area contributed by atoms with Crippen LogP contribution in [0.1, 0.15) is 19.4 Å². The topological polar surface area (TPSA) is 197 Å². The fourth-order valence-electron chi connectivity index (χ4n) is 5.52. The number of ether oxygens (including phenoxy) is 5. The van der Waals surface area contributed by atoms with Gasteiger partial charge in [-0.1, -0.05) is 17.7 Å². The Kier molecular flexibility index (Phi) is 10.7. The van der Waals surface area contributed by atoms with Crippen LogP contribution in [-0.2, 0) is 19.0 Å². The molecule has 47 heavy (non-hydrogen) atoms. The number of carbonyl (C=O) groups is 1. The van der Waals surface area contributed by atoms with Crippen molar-refractivity contribution < 1.29 is 67.9 Å². The first kappa shape index (κ1) is 34.9. The van der Waals surface area contributed by atoms with E-state index in [4.69, 9.17) is 35.3 Å². The maximum atomic E-state index is 13.6. The van der Waals surface area contributed by atoms with Gasteiger partial charge in [-0.3, -0.25) is 4.79 Å². The van der Waals surface area contributed by atoms with E-state index in [0.717, 1.165) is 6.07 Å². The quantitative estimate of drug-likeness (QED) is 0.112. The second-order valence-electron chi connectivity index (χ2n) is 11.4. The number of aliphatic hydroxyl groups excluding tert-OH is 5. The number of nitrogens with one attached hydrogen (secondary N) is 1. The van der Waals surface area contributed by atoms with E-state index in [1.165, 1.54) is 37.3 Å². The van der Waals surface area contributed by atoms with Gasteiger partial charge in [0.05, 0.1) is 6.04 Å². The lowest BCUT2D eigenvalue weighted by atomic mass is 9.83. The molecule has 2 heterocycles. The zero-order chi connectivity index (χ0) is 34.2. The maximum absolute atomic E-state index is 13.6. The van der Waals surface area contributed by atoms with Crippen molar-refractivity contribution >= 4 is 23.6 Å². The third-order valence-electron chi connectivity index (χ3n) is 8.14. The molecule has 2 aromatic rings. The average molecular weight is 686 g/mol. The zero-order valence-electron chi connectivity index (χ0n) is 25.0. The lowest BCUT2D eigenvalue weighted by Crippen LogP contribution is -2.67. The number of amides is 1. The molecule has 256 valence electrons. The molecular formula is C31H34ClF2NO12. The number of benzene rings is 2. The molecule has 0 bridgehead atoms. The summed E-state index contributed by atoms with van der Waals surface area (Å²) in [6, 6.07) is 4.40. The maximum Gasteiger partial charge on any atom is 0.247 e. The second-order valence-corrected chi connectivity index (χ2v) is 11.8. The van der Waals surface area contributed by atoms with Gasteiger partial charge in [0.25, 0.3) is 0 Å². The van der Waals surface area contributed by atoms with Gasteiger partial charge in [0, 0.05) is 17.7 Å². The minimum atomic E-state index is -1.53. The Morgan fingerprint density at radius 1 is 0.979 bits per heavy atom. The van der Waals surface area contributed by atoms with Gasteiger partial charge in [0.2, 0.25) is 12.2 Å². The molecule has 1 amide bonds. The third-order valence-corrected chi connectivity index (χ3v) is 8.51. The van der Waals surface area contributed by atoms with Gasteiger partial charge >= 0.3 is 0 Å². The molecule has 16 heteroatoms. The van der Waals surface area contributed by atoms with Gasteiger partial charge in [-0.15, -0.1) is 0 Å². The lowest BCUT2D eigenvalue weighted by molar-refractivity contribution is -0.155. The first-order valence-electron chi connectivity index (χ1n) is 14.5. The molecule has 2 aliphatic heterocycles. The fraction of sp³-hybridized carbons (Fsp3) is 0.452. The molecule has 13 nitrogen and oxygen atoms in total. The third kappa shape index (κ3) is 7.38. The van der Waals surface area contributed by atoms with Crippen LogP contribution in [0.3, 0.4) is 0 Å². The van der Waals surface area contributed by atoms with Crippen LogP contribution in [0.25, 0.3) is 6.08 Å². The van der Waals surface area contributed by atoms with E-state index in [0.29, 0.717) is 17.2 Å². The van der Waals surface area contributed by atoms with Crippen molar-refractivity contribution in [1.82, 2.24) is 5.32 Å². The number of aromatic hydroxyl groups is 1. The van der Waals surface area contributed by atoms with E-state index >= 15 is 0 Å². The first-order valence-corrected chi connectivity index (χ1v) is 14.9. The highest BCUT2D eigenvalue weighted by molar-refractivity contribution is 6.32. The van der Waals surface area contributed by atoms with E-state index in [-0.39, 0.29) is 36.2 Å². The van der Waals surface area contributed by atoms with E-state index in [1.54, 1.807) is 6.92 Å². The van der Waals surface area contributed by atoms with Crippen LogP contribution in [0.15, 0.2) is 47.6 Å². The van der Waals surface area contributed by atoms with Gasteiger partial charge in [-0.2, -0.15) is 0 Å². The molecule has 3 aliphatic rings. The molecule has 0 unspecified atom stereocenters. The Hall–Kier alpha value is -3.38. The number of fused-ring (bicyclic) bond motifs is 1. The Balaban J connectivity index is 1.18. The lowest BCUT2D eigenvalue weighted by Gasteiger charge is -2.41. The fourth-order valence-corrected chi connectivity index (χ4v) is 5.69. The minimum absolute atomic E-state index is 0.107. The monoisotopic (exact) mass is 685 g/mol. The molecule has 10 atom stereocenters. The number of rotatable bonds is 9. The molecule has 0 radical (unpaired) electrons. The van der Waals surface area contributed by atoms with Crippen molar-refractivity contribution in [2.75, 3.05) is 13.4 Å². The largest absolute Gasteiger partial charge is 0.504 e. The van der Waals surface area contributed by atoms with Crippen molar-refractivity contribution in [3.05, 3.63) is 69.8 Å². The summed E-state index contributed by atoms with van der Waals surface area (Å²) < 4.78 is 54.2. The number of hydrogen-bond acceptors (Lipinski definition) is 12. The molecule has 2 aromatic carbocycles. The number of halogens is 3. The number of phenolic OH excluding ortho intramolecular Hbond substituents is 1. The van der Waals surface area contributed by atoms with Crippen LogP contribution in [0.2, 0.25) is 5.02 Å². The Morgan fingerprint density at radius 2 is 1.68 bits per heavy atom. The summed E-state index contributed by atoms with van der Waals surface area (Å²) in [5.41, 5.74) is 0.901. The molecular weight excluding hydrogens is 652 g/mol. The number of phenols is 1. The molecule has 1 saturated carbocycles. The zero-order valence-corrected chi connectivity index (χ0v) is 25.8. The van der Waals surface area contributed by atoms with Crippen LogP contribution in [0.4, 0.5) is 8.78 Å². The first-order chi connectivity index (χ1) is 22.3. The summed E-state index contributed by atoms with van der Waals surface area (Å²) in [7, 11) is 0. The molecule has 0 spiro atoms. The molecule has 0 aromatic heterocycles. The van der Waals surface area contributed by atoms with Crippen molar-refractivity contribution in [1.29, 1.82) is 0 Å². The summed E-state index contributed by atoms with van der Waals surface area (Å²) in [5, 5.41) is 65.1. The normalized spacial score (nSPS) is 32.6. The van der Waals surface area contributed by atoms with Crippen molar-refractivity contribution in [3.8, 4) is 17.2 Å². The average Bonchev–Trinajstić information content (AvgIpc) is 3.63. The van der Waals surface area contributed by atoms with Crippen LogP contribution in [0.5, 0.6) is 17.2 Å². The van der Waals surface area contributed by atoms with Crippen LogP contribution in [0, 0.1) is 11.6 Å². The van der Waals surface area contributed by atoms with E-state index in [2.05, 4.69) is 5.32 Å². The number of hydrogen-bond donors (Lipinski definition) is 7. The Bertz CT molecular complexity index is 1540. The highest BCUT2D eigenvalue weighted by Gasteiger charge is 2.53. The molecule has 3 fully saturated rings. The highest BCUT2D eigenvalue weighted by atomic mass is 35.5. The van der Waals surface area contributed by atoms with Gasteiger partial charge in [0.15, 0.2) is 11.5 Å². The summed E-state index contributed by atoms with van der Waals surface area (Å²) in [4.78, 5) is 12.9. The van der Waals surface area contributed by atoms with Crippen molar-refractivity contribution in [2.24, 2.45) is 0 Å². The SMILES string of the molecule is C/C(=C\c1ccc(O[C@@H]2O[C@H](/C(C)=C/COc3cc(F)cc(F)c3Cl)[C@@H](O)[C@@H]2O)c(O)c1)C(=O)N[C@@H]1[C@H](O)[C@@H](O)[C@H]2OCO[C@H]2[C@@H]1O. The Morgan fingerprint density at radius 3 is 2.38 bits per heavy atom. The van der Waals surface area contributed by atoms with Gasteiger partial charge in [-0.25, -0.2) is 8.78 Å². The van der Waals surface area contributed by atoms with E-state index in [1.807, 2.05) is 0 Å². The van der Waals surface area contributed by atoms with Gasteiger partial charge in [0.1, 0.15) is 84.6 Å². The molecule has 7 N–H and O–H groups in total. The summed E-state index contributed by atoms with van der Waals surface area (Å²) in [6.45, 7) is 2.67. The van der Waals surface area contributed by atoms with Crippen LogP contribution >= 0.6 is 11.6 Å². The standard InChI is InChI=1S/C31H34ClF2NO12/c1-12(5-6-43-19-10-15(33)9-16(34)20(19)32)27-25(40)26(41)31(47-27)46-18-4-3-14(8-17(18)36)7-13(2)30(42)35-21-22(37)24(39)29-28(23(21)38)44-11-45-29/h3-5,7-10,21-29,31,36-41H,6,11H2,1-2H3,(H,35,42)/b12-5+,13-7+/t21-,22+,23-,24-,25+,26+,27-,28+,29-,31-/m1/s1. The summed E-state index contributed by atoms with van der Waals surface area (Å²) >= 11 is 5.80. The molecule has 5 rings (SSSR count). The Labute approximate surface area is 272 Å². The second kappa shape index (κ2) is 14.4. The highest BCUT2D eigenvalue weighted by Crippen LogP contribution is 2.34. The van der Waals surface area contributed by atoms with Crippen LogP contribution in [-0.4, -0.2) is 111 Å². The predicted molar refractivity (Wildman–Crippen MR) is 158 cm³/mol. The van der Waals surface area contributed by atoms with Crippen molar-refractivity contribution in [2.45, 2.75) is 75.0 Å². The van der Waals surface area contributed by atoms with E-state index in [9.17, 15) is 44.2 Å². The molecule has 2 saturated heterocycles. The number of aliphatic hydroxyl groups is 5. The predicted octanol–water partition coefficient (Wildman–Crippen LogP) is 0.900. The summed E-state index contributed by atoms with van der Waals surface area (Å²) in [5.74, 6) is -3.24. The van der Waals surface area contributed by atoms with E-state index < -0.39 is 83.7 Å². The van der Waals surface area contributed by atoms with Gasteiger partial charge < -0.3 is 59.6 Å². The van der Waals surface area contributed by atoms with Crippen molar-refractivity contribution in [3.63, 3.8) is 0 Å². The summed E-state index contributed by atoms with van der Waals surface area (Å²) in [6.07, 6.45) is -8.65.